The van der Waals surface area contributed by atoms with Crippen LogP contribution in [0.1, 0.15) is 20.3 Å². The molecule has 0 spiro atoms. The zero-order valence-electron chi connectivity index (χ0n) is 14.3. The fraction of sp³-hybridized carbons (Fsp3) is 0.867. The Morgan fingerprint density at radius 2 is 2.18 bits per heavy atom. The van der Waals surface area contributed by atoms with Crippen molar-refractivity contribution in [3.05, 3.63) is 21.3 Å². The van der Waals surface area contributed by atoms with Gasteiger partial charge in [-0.3, -0.25) is 10.1 Å². The summed E-state index contributed by atoms with van der Waals surface area (Å²) in [6.45, 7) is 8.13. The standard InChI is InChI=1S/C15H29N3O3S/c1-12-10-21-11-14(12)8-16(3)7-6-13(2)17(4)15(22-5)9-18(19)20/h9,12-14H,6-8,10-11H2,1-5H3. The smallest absolute Gasteiger partial charge is 0.264 e. The number of rotatable bonds is 9. The quantitative estimate of drug-likeness (QED) is 0.477. The van der Waals surface area contributed by atoms with E-state index in [1.54, 1.807) is 0 Å². The first-order chi connectivity index (χ1) is 10.3. The molecule has 0 aromatic rings. The van der Waals surface area contributed by atoms with Gasteiger partial charge in [0.25, 0.3) is 6.20 Å². The predicted octanol–water partition coefficient (Wildman–Crippen LogP) is 2.35. The van der Waals surface area contributed by atoms with Gasteiger partial charge in [-0.2, -0.15) is 0 Å². The van der Waals surface area contributed by atoms with Crippen LogP contribution < -0.4 is 0 Å². The van der Waals surface area contributed by atoms with Crippen LogP contribution in [0.5, 0.6) is 0 Å². The molecule has 7 heteroatoms. The Morgan fingerprint density at radius 3 is 2.68 bits per heavy atom. The highest BCUT2D eigenvalue weighted by molar-refractivity contribution is 8.02. The van der Waals surface area contributed by atoms with Crippen LogP contribution in [0.3, 0.4) is 0 Å². The summed E-state index contributed by atoms with van der Waals surface area (Å²) in [7, 11) is 4.06. The lowest BCUT2D eigenvalue weighted by Crippen LogP contribution is -2.34. The largest absolute Gasteiger partial charge is 0.381 e. The maximum Gasteiger partial charge on any atom is 0.264 e. The molecule has 128 valence electrons. The van der Waals surface area contributed by atoms with Gasteiger partial charge in [0.05, 0.1) is 11.5 Å². The van der Waals surface area contributed by atoms with E-state index in [0.717, 1.165) is 38.9 Å². The van der Waals surface area contributed by atoms with Crippen LogP contribution in [0.2, 0.25) is 0 Å². The van der Waals surface area contributed by atoms with Gasteiger partial charge in [-0.05, 0) is 45.0 Å². The van der Waals surface area contributed by atoms with E-state index >= 15 is 0 Å². The van der Waals surface area contributed by atoms with Gasteiger partial charge in [-0.1, -0.05) is 6.92 Å². The SMILES string of the molecule is CSC(=C[N+](=O)[O-])N(C)C(C)CCN(C)CC1COCC1C. The third kappa shape index (κ3) is 6.14. The molecule has 0 aliphatic carbocycles. The molecular formula is C15H29N3O3S. The molecule has 0 N–H and O–H groups in total. The molecule has 22 heavy (non-hydrogen) atoms. The van der Waals surface area contributed by atoms with Crippen LogP contribution in [-0.2, 0) is 4.74 Å². The lowest BCUT2D eigenvalue weighted by atomic mass is 9.97. The molecule has 1 fully saturated rings. The summed E-state index contributed by atoms with van der Waals surface area (Å²) in [4.78, 5) is 14.6. The van der Waals surface area contributed by atoms with Gasteiger partial charge in [0.2, 0.25) is 0 Å². The molecule has 0 bridgehead atoms. The van der Waals surface area contributed by atoms with E-state index in [9.17, 15) is 10.1 Å². The van der Waals surface area contributed by atoms with Crippen LogP contribution in [0.4, 0.5) is 0 Å². The molecule has 3 unspecified atom stereocenters. The van der Waals surface area contributed by atoms with Gasteiger partial charge in [-0.15, -0.1) is 11.8 Å². The number of nitrogens with zero attached hydrogens (tertiary/aromatic N) is 3. The topological polar surface area (TPSA) is 58.9 Å². The predicted molar refractivity (Wildman–Crippen MR) is 91.4 cm³/mol. The van der Waals surface area contributed by atoms with Gasteiger partial charge < -0.3 is 14.5 Å². The summed E-state index contributed by atoms with van der Waals surface area (Å²) in [5.74, 6) is 1.25. The summed E-state index contributed by atoms with van der Waals surface area (Å²) in [6.07, 6.45) is 3.93. The number of hydrogen-bond acceptors (Lipinski definition) is 6. The number of hydrogen-bond donors (Lipinski definition) is 0. The fourth-order valence-corrected chi connectivity index (χ4v) is 3.29. The summed E-state index contributed by atoms with van der Waals surface area (Å²) < 4.78 is 5.51. The normalized spacial score (nSPS) is 23.8. The molecule has 1 aliphatic heterocycles. The lowest BCUT2D eigenvalue weighted by Gasteiger charge is -2.29. The van der Waals surface area contributed by atoms with Gasteiger partial charge in [-0.25, -0.2) is 0 Å². The van der Waals surface area contributed by atoms with Crippen molar-refractivity contribution in [1.29, 1.82) is 0 Å². The molecule has 1 rings (SSSR count). The van der Waals surface area contributed by atoms with Crippen molar-refractivity contribution in [1.82, 2.24) is 9.80 Å². The maximum absolute atomic E-state index is 10.7. The van der Waals surface area contributed by atoms with Gasteiger partial charge in [0.1, 0.15) is 5.03 Å². The molecule has 0 aromatic carbocycles. The highest BCUT2D eigenvalue weighted by atomic mass is 32.2. The van der Waals surface area contributed by atoms with Crippen LogP contribution in [-0.4, -0.2) is 67.4 Å². The molecule has 0 radical (unpaired) electrons. The first-order valence-corrected chi connectivity index (χ1v) is 8.96. The second kappa shape index (κ2) is 9.37. The summed E-state index contributed by atoms with van der Waals surface area (Å²) in [5.41, 5.74) is 0. The molecule has 0 amide bonds. The lowest BCUT2D eigenvalue weighted by molar-refractivity contribution is -0.403. The second-order valence-corrected chi connectivity index (χ2v) is 7.07. The van der Waals surface area contributed by atoms with E-state index in [1.165, 1.54) is 11.8 Å². The number of nitro groups is 1. The van der Waals surface area contributed by atoms with Crippen molar-refractivity contribution >= 4 is 11.8 Å². The Morgan fingerprint density at radius 1 is 1.50 bits per heavy atom. The second-order valence-electron chi connectivity index (χ2n) is 6.24. The van der Waals surface area contributed by atoms with Crippen LogP contribution in [0, 0.1) is 22.0 Å². The van der Waals surface area contributed by atoms with Gasteiger partial charge >= 0.3 is 0 Å². The minimum Gasteiger partial charge on any atom is -0.381 e. The first kappa shape index (κ1) is 19.3. The molecule has 3 atom stereocenters. The number of thioether (sulfide) groups is 1. The first-order valence-electron chi connectivity index (χ1n) is 7.73. The highest BCUT2D eigenvalue weighted by Gasteiger charge is 2.25. The van der Waals surface area contributed by atoms with Crippen molar-refractivity contribution in [3.8, 4) is 0 Å². The summed E-state index contributed by atoms with van der Waals surface area (Å²) in [5, 5.41) is 11.3. The molecule has 6 nitrogen and oxygen atoms in total. The Labute approximate surface area is 138 Å². The van der Waals surface area contributed by atoms with E-state index in [2.05, 4.69) is 25.8 Å². The minimum absolute atomic E-state index is 0.262. The zero-order valence-corrected chi connectivity index (χ0v) is 15.1. The molecule has 1 heterocycles. The van der Waals surface area contributed by atoms with Crippen LogP contribution in [0.15, 0.2) is 11.2 Å². The average Bonchev–Trinajstić information content (AvgIpc) is 2.86. The molecule has 0 saturated carbocycles. The molecular weight excluding hydrogens is 302 g/mol. The van der Waals surface area contributed by atoms with E-state index in [0.29, 0.717) is 16.9 Å². The maximum atomic E-state index is 10.7. The Bertz CT molecular complexity index is 392. The molecule has 1 aliphatic rings. The summed E-state index contributed by atoms with van der Waals surface area (Å²) in [6, 6.07) is 0.262. The van der Waals surface area contributed by atoms with Crippen molar-refractivity contribution in [2.75, 3.05) is 46.7 Å². The monoisotopic (exact) mass is 331 g/mol. The highest BCUT2D eigenvalue weighted by Crippen LogP contribution is 2.22. The van der Waals surface area contributed by atoms with Crippen LogP contribution >= 0.6 is 11.8 Å². The van der Waals surface area contributed by atoms with E-state index in [-0.39, 0.29) is 11.0 Å². The van der Waals surface area contributed by atoms with Gasteiger partial charge in [0, 0.05) is 26.2 Å². The van der Waals surface area contributed by atoms with Crippen molar-refractivity contribution in [2.45, 2.75) is 26.3 Å². The molecule has 0 aromatic heterocycles. The Kier molecular flexibility index (Phi) is 8.20. The third-order valence-electron chi connectivity index (χ3n) is 4.43. The molecule has 1 saturated heterocycles. The van der Waals surface area contributed by atoms with E-state index < -0.39 is 0 Å². The minimum atomic E-state index is -0.386. The van der Waals surface area contributed by atoms with E-state index in [1.807, 2.05) is 18.2 Å². The van der Waals surface area contributed by atoms with Crippen molar-refractivity contribution in [3.63, 3.8) is 0 Å². The van der Waals surface area contributed by atoms with Crippen molar-refractivity contribution < 1.29 is 9.66 Å². The van der Waals surface area contributed by atoms with E-state index in [4.69, 9.17) is 4.74 Å². The van der Waals surface area contributed by atoms with Crippen LogP contribution in [0.25, 0.3) is 0 Å². The fourth-order valence-electron chi connectivity index (χ4n) is 2.63. The third-order valence-corrected chi connectivity index (χ3v) is 5.24. The van der Waals surface area contributed by atoms with Gasteiger partial charge in [0.15, 0.2) is 0 Å². The number of ether oxygens (including phenoxy) is 1. The Balaban J connectivity index is 2.40. The van der Waals surface area contributed by atoms with Crippen molar-refractivity contribution in [2.24, 2.45) is 11.8 Å². The Hall–Kier alpha value is -0.790. The zero-order chi connectivity index (χ0) is 16.7. The average molecular weight is 331 g/mol. The summed E-state index contributed by atoms with van der Waals surface area (Å²) >= 11 is 1.41.